The summed E-state index contributed by atoms with van der Waals surface area (Å²) in [6.45, 7) is 0.172. The molecule has 0 aliphatic heterocycles. The number of hydrogen-bond acceptors (Lipinski definition) is 3. The predicted molar refractivity (Wildman–Crippen MR) is 67.0 cm³/mol. The quantitative estimate of drug-likeness (QED) is 0.675. The van der Waals surface area contributed by atoms with Crippen LogP contribution in [0.5, 0.6) is 0 Å². The number of carboxylic acid groups (broad SMARTS) is 1. The average molecular weight is 248 g/mol. The van der Waals surface area contributed by atoms with Crippen LogP contribution >= 0.6 is 0 Å². The first-order chi connectivity index (χ1) is 8.54. The SMILES string of the molecule is Nc1ccc(C2(C(=O)NCCC(=O)O)CC2)cc1. The van der Waals surface area contributed by atoms with Crippen LogP contribution in [-0.2, 0) is 15.0 Å². The van der Waals surface area contributed by atoms with E-state index < -0.39 is 11.4 Å². The maximum absolute atomic E-state index is 12.1. The number of carboxylic acids is 1. The molecule has 5 nitrogen and oxygen atoms in total. The van der Waals surface area contributed by atoms with E-state index in [2.05, 4.69) is 5.32 Å². The molecule has 1 aliphatic carbocycles. The van der Waals surface area contributed by atoms with Crippen molar-refractivity contribution in [1.29, 1.82) is 0 Å². The van der Waals surface area contributed by atoms with Gasteiger partial charge in [-0.2, -0.15) is 0 Å². The topological polar surface area (TPSA) is 92.4 Å². The first kappa shape index (κ1) is 12.4. The lowest BCUT2D eigenvalue weighted by molar-refractivity contribution is -0.137. The first-order valence-corrected chi connectivity index (χ1v) is 5.91. The summed E-state index contributed by atoms with van der Waals surface area (Å²) in [5, 5.41) is 11.2. The molecule has 1 aromatic rings. The molecule has 0 saturated heterocycles. The molecule has 0 heterocycles. The standard InChI is InChI=1S/C13H16N2O3/c14-10-3-1-9(2-4-10)13(6-7-13)12(18)15-8-5-11(16)17/h1-4H,5-8,14H2,(H,15,18)(H,16,17). The number of hydrogen-bond donors (Lipinski definition) is 3. The zero-order chi connectivity index (χ0) is 13.2. The highest BCUT2D eigenvalue weighted by molar-refractivity contribution is 5.91. The normalized spacial score (nSPS) is 16.0. The molecule has 5 heteroatoms. The molecule has 4 N–H and O–H groups in total. The molecule has 0 spiro atoms. The van der Waals surface area contributed by atoms with E-state index in [9.17, 15) is 9.59 Å². The van der Waals surface area contributed by atoms with E-state index in [1.165, 1.54) is 0 Å². The summed E-state index contributed by atoms with van der Waals surface area (Å²) in [5.74, 6) is -0.999. The van der Waals surface area contributed by atoms with Crippen molar-refractivity contribution in [3.63, 3.8) is 0 Å². The van der Waals surface area contributed by atoms with E-state index >= 15 is 0 Å². The minimum Gasteiger partial charge on any atom is -0.481 e. The van der Waals surface area contributed by atoms with Gasteiger partial charge < -0.3 is 16.2 Å². The van der Waals surface area contributed by atoms with Crippen molar-refractivity contribution in [2.75, 3.05) is 12.3 Å². The third kappa shape index (κ3) is 2.45. The van der Waals surface area contributed by atoms with Crippen molar-refractivity contribution < 1.29 is 14.7 Å². The number of nitrogen functional groups attached to an aromatic ring is 1. The zero-order valence-corrected chi connectivity index (χ0v) is 9.98. The van der Waals surface area contributed by atoms with Crippen LogP contribution in [0.3, 0.4) is 0 Å². The lowest BCUT2D eigenvalue weighted by atomic mass is 9.95. The van der Waals surface area contributed by atoms with Gasteiger partial charge in [-0.15, -0.1) is 0 Å². The lowest BCUT2D eigenvalue weighted by Crippen LogP contribution is -2.35. The Bertz CT molecular complexity index is 464. The van der Waals surface area contributed by atoms with Gasteiger partial charge in [0, 0.05) is 12.2 Å². The number of carbonyl (C=O) groups excluding carboxylic acids is 1. The Morgan fingerprint density at radius 3 is 2.39 bits per heavy atom. The van der Waals surface area contributed by atoms with Crippen LogP contribution in [0.1, 0.15) is 24.8 Å². The molecular formula is C13H16N2O3. The Morgan fingerprint density at radius 1 is 1.28 bits per heavy atom. The Balaban J connectivity index is 2.00. The predicted octanol–water partition coefficient (Wildman–Crippen LogP) is 0.891. The molecule has 0 radical (unpaired) electrons. The van der Waals surface area contributed by atoms with E-state index in [4.69, 9.17) is 10.8 Å². The van der Waals surface area contributed by atoms with Gasteiger partial charge in [0.1, 0.15) is 0 Å². The lowest BCUT2D eigenvalue weighted by Gasteiger charge is -2.15. The Morgan fingerprint density at radius 2 is 1.89 bits per heavy atom. The number of nitrogens with two attached hydrogens (primary N) is 1. The fourth-order valence-corrected chi connectivity index (χ4v) is 2.03. The van der Waals surface area contributed by atoms with Crippen molar-refractivity contribution in [2.24, 2.45) is 0 Å². The van der Waals surface area contributed by atoms with Gasteiger partial charge in [0.15, 0.2) is 0 Å². The molecule has 18 heavy (non-hydrogen) atoms. The van der Waals surface area contributed by atoms with Crippen molar-refractivity contribution in [1.82, 2.24) is 5.32 Å². The molecular weight excluding hydrogens is 232 g/mol. The second kappa shape index (κ2) is 4.68. The summed E-state index contributed by atoms with van der Waals surface area (Å²) >= 11 is 0. The van der Waals surface area contributed by atoms with Crippen LogP contribution in [0.4, 0.5) is 5.69 Å². The van der Waals surface area contributed by atoms with E-state index in [1.807, 2.05) is 12.1 Å². The third-order valence-electron chi connectivity index (χ3n) is 3.27. The maximum atomic E-state index is 12.1. The van der Waals surface area contributed by atoms with Crippen LogP contribution in [0, 0.1) is 0 Å². The summed E-state index contributed by atoms with van der Waals surface area (Å²) < 4.78 is 0. The maximum Gasteiger partial charge on any atom is 0.305 e. The Hall–Kier alpha value is -2.04. The van der Waals surface area contributed by atoms with Gasteiger partial charge in [-0.1, -0.05) is 12.1 Å². The van der Waals surface area contributed by atoms with Crippen molar-refractivity contribution in [2.45, 2.75) is 24.7 Å². The fourth-order valence-electron chi connectivity index (χ4n) is 2.03. The number of nitrogens with one attached hydrogen (secondary N) is 1. The number of anilines is 1. The van der Waals surface area contributed by atoms with Crippen LogP contribution in [0.25, 0.3) is 0 Å². The summed E-state index contributed by atoms with van der Waals surface area (Å²) in [4.78, 5) is 22.4. The molecule has 1 fully saturated rings. The van der Waals surface area contributed by atoms with Crippen LogP contribution in [0.2, 0.25) is 0 Å². The fraction of sp³-hybridized carbons (Fsp3) is 0.385. The Kier molecular flexibility index (Phi) is 3.23. The minimum absolute atomic E-state index is 0.0520. The largest absolute Gasteiger partial charge is 0.481 e. The minimum atomic E-state index is -0.910. The molecule has 0 bridgehead atoms. The van der Waals surface area contributed by atoms with Crippen molar-refractivity contribution >= 4 is 17.6 Å². The van der Waals surface area contributed by atoms with Crippen LogP contribution in [-0.4, -0.2) is 23.5 Å². The van der Waals surface area contributed by atoms with Gasteiger partial charge in [0.2, 0.25) is 5.91 Å². The highest BCUT2D eigenvalue weighted by Crippen LogP contribution is 2.48. The summed E-state index contributed by atoms with van der Waals surface area (Å²) in [6.07, 6.45) is 1.55. The molecule has 0 aromatic heterocycles. The van der Waals surface area contributed by atoms with Gasteiger partial charge >= 0.3 is 5.97 Å². The van der Waals surface area contributed by atoms with Gasteiger partial charge in [-0.25, -0.2) is 0 Å². The highest BCUT2D eigenvalue weighted by Gasteiger charge is 2.50. The average Bonchev–Trinajstić information content (AvgIpc) is 3.10. The van der Waals surface area contributed by atoms with Crippen LogP contribution < -0.4 is 11.1 Å². The second-order valence-corrected chi connectivity index (χ2v) is 4.60. The van der Waals surface area contributed by atoms with Gasteiger partial charge in [-0.3, -0.25) is 9.59 Å². The summed E-state index contributed by atoms with van der Waals surface area (Å²) in [6, 6.07) is 7.28. The molecule has 2 rings (SSSR count). The number of benzene rings is 1. The molecule has 1 amide bonds. The van der Waals surface area contributed by atoms with Gasteiger partial charge in [0.05, 0.1) is 11.8 Å². The number of aliphatic carboxylic acids is 1. The number of rotatable bonds is 5. The van der Waals surface area contributed by atoms with Crippen molar-refractivity contribution in [3.05, 3.63) is 29.8 Å². The molecule has 1 saturated carbocycles. The first-order valence-electron chi connectivity index (χ1n) is 5.91. The summed E-state index contributed by atoms with van der Waals surface area (Å²) in [5.41, 5.74) is 6.76. The molecule has 0 atom stereocenters. The van der Waals surface area contributed by atoms with E-state index in [1.54, 1.807) is 12.1 Å². The number of amides is 1. The highest BCUT2D eigenvalue weighted by atomic mass is 16.4. The molecule has 0 unspecified atom stereocenters. The second-order valence-electron chi connectivity index (χ2n) is 4.60. The smallest absolute Gasteiger partial charge is 0.305 e. The van der Waals surface area contributed by atoms with Crippen molar-refractivity contribution in [3.8, 4) is 0 Å². The van der Waals surface area contributed by atoms with E-state index in [-0.39, 0.29) is 18.9 Å². The van der Waals surface area contributed by atoms with Crippen LogP contribution in [0.15, 0.2) is 24.3 Å². The number of carbonyl (C=O) groups is 2. The molecule has 1 aliphatic rings. The van der Waals surface area contributed by atoms with Gasteiger partial charge in [0.25, 0.3) is 0 Å². The molecule has 96 valence electrons. The van der Waals surface area contributed by atoms with E-state index in [0.717, 1.165) is 18.4 Å². The van der Waals surface area contributed by atoms with Gasteiger partial charge in [-0.05, 0) is 30.5 Å². The monoisotopic (exact) mass is 248 g/mol. The molecule has 1 aromatic carbocycles. The third-order valence-corrected chi connectivity index (χ3v) is 3.27. The Labute approximate surface area is 105 Å². The van der Waals surface area contributed by atoms with E-state index in [0.29, 0.717) is 5.69 Å². The summed E-state index contributed by atoms with van der Waals surface area (Å²) in [7, 11) is 0. The zero-order valence-electron chi connectivity index (χ0n) is 9.98.